The molecule has 0 amide bonds. The molecular weight excluding hydrogens is 336 g/mol. The molecule has 140 valence electrons. The van der Waals surface area contributed by atoms with E-state index >= 15 is 0 Å². The molecule has 2 heterocycles. The Balaban J connectivity index is 1.63. The van der Waals surface area contributed by atoms with Crippen molar-refractivity contribution in [2.45, 2.75) is 50.0 Å². The van der Waals surface area contributed by atoms with E-state index in [1.807, 2.05) is 7.05 Å². The number of likely N-dealkylation sites (N-methyl/N-ethyl adjacent to an activating group) is 1. The Hall–Kier alpha value is -1.18. The topological polar surface area (TPSA) is 65.5 Å². The summed E-state index contributed by atoms with van der Waals surface area (Å²) in [4.78, 5) is 6.80. The van der Waals surface area contributed by atoms with Crippen molar-refractivity contribution < 1.29 is 8.42 Å². The molecule has 0 bridgehead atoms. The third-order valence-corrected chi connectivity index (χ3v) is 7.33. The lowest BCUT2D eigenvalue weighted by molar-refractivity contribution is 0.222. The molecule has 1 aromatic rings. The second-order valence-electron chi connectivity index (χ2n) is 7.54. The number of rotatable bonds is 4. The third-order valence-electron chi connectivity index (χ3n) is 5.45. The zero-order valence-corrected chi connectivity index (χ0v) is 16.1. The Bertz CT molecular complexity index is 654. The molecular formula is C18H30N4O2S. The summed E-state index contributed by atoms with van der Waals surface area (Å²) in [5.74, 6) is 1.58. The number of aromatic nitrogens is 1. The molecule has 1 aliphatic heterocycles. The quantitative estimate of drug-likeness (QED) is 0.829. The number of sulfonamides is 1. The van der Waals surface area contributed by atoms with Crippen LogP contribution < -0.4 is 5.32 Å². The first-order chi connectivity index (χ1) is 11.9. The average Bonchev–Trinajstić information content (AvgIpc) is 2.80. The first-order valence-corrected chi connectivity index (χ1v) is 10.8. The van der Waals surface area contributed by atoms with E-state index in [0.717, 1.165) is 37.7 Å². The summed E-state index contributed by atoms with van der Waals surface area (Å²) in [6.07, 6.45) is 7.60. The van der Waals surface area contributed by atoms with Crippen molar-refractivity contribution in [1.29, 1.82) is 0 Å². The van der Waals surface area contributed by atoms with Crippen molar-refractivity contribution in [3.05, 3.63) is 18.3 Å². The monoisotopic (exact) mass is 366 g/mol. The van der Waals surface area contributed by atoms with Gasteiger partial charge >= 0.3 is 0 Å². The van der Waals surface area contributed by atoms with Crippen molar-refractivity contribution in [2.24, 2.45) is 5.92 Å². The molecule has 1 saturated carbocycles. The molecule has 2 atom stereocenters. The minimum absolute atomic E-state index is 0.289. The molecule has 0 spiro atoms. The second kappa shape index (κ2) is 8.01. The van der Waals surface area contributed by atoms with Gasteiger partial charge in [-0.2, -0.15) is 4.31 Å². The smallest absolute Gasteiger partial charge is 0.244 e. The highest BCUT2D eigenvalue weighted by Crippen LogP contribution is 2.25. The number of piperazine rings is 1. The zero-order chi connectivity index (χ0) is 17.9. The second-order valence-corrected chi connectivity index (χ2v) is 9.48. The molecule has 1 aliphatic carbocycles. The molecule has 25 heavy (non-hydrogen) atoms. The normalized spacial score (nSPS) is 27.0. The fourth-order valence-corrected chi connectivity index (χ4v) is 5.00. The van der Waals surface area contributed by atoms with E-state index in [9.17, 15) is 8.42 Å². The van der Waals surface area contributed by atoms with Crippen LogP contribution in [0.4, 0.5) is 5.82 Å². The Morgan fingerprint density at radius 1 is 1.08 bits per heavy atom. The Labute approximate surface area is 151 Å². The lowest BCUT2D eigenvalue weighted by atomic mass is 10.0. The minimum Gasteiger partial charge on any atom is -0.367 e. The molecule has 3 rings (SSSR count). The van der Waals surface area contributed by atoms with E-state index in [4.69, 9.17) is 0 Å². The maximum Gasteiger partial charge on any atom is 0.244 e. The van der Waals surface area contributed by atoms with Crippen LogP contribution in [0, 0.1) is 5.92 Å². The largest absolute Gasteiger partial charge is 0.367 e. The molecule has 7 heteroatoms. The van der Waals surface area contributed by atoms with Crippen molar-refractivity contribution >= 4 is 15.8 Å². The van der Waals surface area contributed by atoms with Crippen LogP contribution in [0.25, 0.3) is 0 Å². The highest BCUT2D eigenvalue weighted by molar-refractivity contribution is 7.89. The lowest BCUT2D eigenvalue weighted by Crippen LogP contribution is -2.47. The molecule has 1 aromatic heterocycles. The van der Waals surface area contributed by atoms with Crippen LogP contribution in [0.1, 0.15) is 39.0 Å². The van der Waals surface area contributed by atoms with E-state index in [2.05, 4.69) is 22.1 Å². The fraction of sp³-hybridized carbons (Fsp3) is 0.722. The highest BCUT2D eigenvalue weighted by atomic mass is 32.2. The Morgan fingerprint density at radius 2 is 1.84 bits per heavy atom. The maximum absolute atomic E-state index is 12.7. The summed E-state index contributed by atoms with van der Waals surface area (Å²) in [5, 5.41) is 3.48. The summed E-state index contributed by atoms with van der Waals surface area (Å²) >= 11 is 0. The van der Waals surface area contributed by atoms with Gasteiger partial charge in [0.25, 0.3) is 0 Å². The Kier molecular flexibility index (Phi) is 5.96. The van der Waals surface area contributed by atoms with Gasteiger partial charge in [-0.05, 0) is 44.4 Å². The number of pyridine rings is 1. The number of anilines is 1. The van der Waals surface area contributed by atoms with E-state index in [0.29, 0.717) is 19.1 Å². The van der Waals surface area contributed by atoms with Crippen molar-refractivity contribution in [3.8, 4) is 0 Å². The SMILES string of the molecule is CC1CCCC(Nc2ccc(S(=O)(=O)N3CCN(C)CC3)cn2)CC1. The number of nitrogens with one attached hydrogen (secondary N) is 1. The van der Waals surface area contributed by atoms with Crippen molar-refractivity contribution in [2.75, 3.05) is 38.5 Å². The molecule has 0 radical (unpaired) electrons. The third kappa shape index (κ3) is 4.71. The van der Waals surface area contributed by atoms with Gasteiger partial charge in [0.05, 0.1) is 0 Å². The van der Waals surface area contributed by atoms with Crippen molar-refractivity contribution in [1.82, 2.24) is 14.2 Å². The van der Waals surface area contributed by atoms with Gasteiger partial charge in [-0.25, -0.2) is 13.4 Å². The van der Waals surface area contributed by atoms with Gasteiger partial charge in [0.2, 0.25) is 10.0 Å². The van der Waals surface area contributed by atoms with E-state index in [1.165, 1.54) is 25.5 Å². The molecule has 1 saturated heterocycles. The van der Waals surface area contributed by atoms with Gasteiger partial charge in [0.15, 0.2) is 0 Å². The van der Waals surface area contributed by atoms with Crippen LogP contribution in [-0.4, -0.2) is 61.9 Å². The maximum atomic E-state index is 12.7. The summed E-state index contributed by atoms with van der Waals surface area (Å²) < 4.78 is 27.0. The van der Waals surface area contributed by atoms with Gasteiger partial charge < -0.3 is 10.2 Å². The van der Waals surface area contributed by atoms with Crippen LogP contribution in [0.5, 0.6) is 0 Å². The average molecular weight is 367 g/mol. The highest BCUT2D eigenvalue weighted by Gasteiger charge is 2.27. The summed E-state index contributed by atoms with van der Waals surface area (Å²) in [7, 11) is -1.42. The first-order valence-electron chi connectivity index (χ1n) is 9.36. The van der Waals surface area contributed by atoms with Crippen LogP contribution in [0.2, 0.25) is 0 Å². The van der Waals surface area contributed by atoms with Crippen molar-refractivity contribution in [3.63, 3.8) is 0 Å². The van der Waals surface area contributed by atoms with Gasteiger partial charge in [-0.3, -0.25) is 0 Å². The molecule has 0 aromatic carbocycles. The molecule has 1 N–H and O–H groups in total. The summed E-state index contributed by atoms with van der Waals surface area (Å²) in [5.41, 5.74) is 0. The zero-order valence-electron chi connectivity index (χ0n) is 15.3. The standard InChI is InChI=1S/C18H30N4O2S/c1-15-4-3-5-16(7-6-15)20-18-9-8-17(14-19-18)25(23,24)22-12-10-21(2)11-13-22/h8-9,14-16H,3-7,10-13H2,1-2H3,(H,19,20). The van der Waals surface area contributed by atoms with Gasteiger partial charge in [0.1, 0.15) is 10.7 Å². The van der Waals surface area contributed by atoms with E-state index < -0.39 is 10.0 Å². The molecule has 6 nitrogen and oxygen atoms in total. The first kappa shape index (κ1) is 18.6. The van der Waals surface area contributed by atoms with E-state index in [1.54, 1.807) is 16.4 Å². The molecule has 2 fully saturated rings. The van der Waals surface area contributed by atoms with Gasteiger partial charge in [-0.1, -0.05) is 19.8 Å². The predicted molar refractivity (Wildman–Crippen MR) is 100 cm³/mol. The number of hydrogen-bond donors (Lipinski definition) is 1. The Morgan fingerprint density at radius 3 is 2.52 bits per heavy atom. The molecule has 2 unspecified atom stereocenters. The van der Waals surface area contributed by atoms with Crippen LogP contribution >= 0.6 is 0 Å². The fourth-order valence-electron chi connectivity index (χ4n) is 3.64. The number of nitrogens with zero attached hydrogens (tertiary/aromatic N) is 3. The van der Waals surface area contributed by atoms with Gasteiger partial charge in [-0.15, -0.1) is 0 Å². The minimum atomic E-state index is -3.43. The summed E-state index contributed by atoms with van der Waals surface area (Å²) in [6, 6.07) is 3.93. The number of hydrogen-bond acceptors (Lipinski definition) is 5. The molecule has 2 aliphatic rings. The van der Waals surface area contributed by atoms with Crippen LogP contribution in [0.15, 0.2) is 23.2 Å². The van der Waals surface area contributed by atoms with Crippen LogP contribution in [-0.2, 0) is 10.0 Å². The predicted octanol–water partition coefficient (Wildman–Crippen LogP) is 2.40. The summed E-state index contributed by atoms with van der Waals surface area (Å²) in [6.45, 7) is 4.94. The van der Waals surface area contributed by atoms with Gasteiger partial charge in [0, 0.05) is 38.4 Å². The van der Waals surface area contributed by atoms with Crippen LogP contribution in [0.3, 0.4) is 0 Å². The van der Waals surface area contributed by atoms with E-state index in [-0.39, 0.29) is 4.90 Å². The lowest BCUT2D eigenvalue weighted by Gasteiger charge is -2.31.